The third-order valence-corrected chi connectivity index (χ3v) is 3.02. The van der Waals surface area contributed by atoms with Crippen LogP contribution in [0.25, 0.3) is 5.57 Å². The van der Waals surface area contributed by atoms with Crippen LogP contribution in [-0.2, 0) is 12.4 Å². The number of rotatable bonds is 1. The minimum atomic E-state index is -4.80. The maximum Gasteiger partial charge on any atom is 0.416 e. The van der Waals surface area contributed by atoms with Gasteiger partial charge in [0.05, 0.1) is 11.1 Å². The molecule has 0 spiro atoms. The van der Waals surface area contributed by atoms with Crippen molar-refractivity contribution in [2.75, 3.05) is 13.1 Å². The molecule has 22 heavy (non-hydrogen) atoms. The average Bonchev–Trinajstić information content (AvgIpc) is 2.48. The Kier molecular flexibility index (Phi) is 6.05. The lowest BCUT2D eigenvalue weighted by Gasteiger charge is -2.18. The normalized spacial score (nSPS) is 15.7. The van der Waals surface area contributed by atoms with Crippen molar-refractivity contribution in [3.05, 3.63) is 41.0 Å². The second-order valence-corrected chi connectivity index (χ2v) is 4.48. The Labute approximate surface area is 125 Å². The molecule has 1 aliphatic heterocycles. The Hall–Kier alpha value is -1.50. The maximum absolute atomic E-state index is 12.7. The zero-order valence-corrected chi connectivity index (χ0v) is 12.2. The van der Waals surface area contributed by atoms with Gasteiger partial charge < -0.3 is 5.32 Å². The van der Waals surface area contributed by atoms with Crippen molar-refractivity contribution < 1.29 is 26.3 Å². The summed E-state index contributed by atoms with van der Waals surface area (Å²) in [4.78, 5) is 0. The minimum absolute atomic E-state index is 0.0198. The molecule has 1 N–H and O–H groups in total. The fraction of sp³-hybridized carbons (Fsp3) is 0.467. The van der Waals surface area contributed by atoms with E-state index in [9.17, 15) is 26.3 Å². The first-order chi connectivity index (χ1) is 10.2. The number of hydrogen-bond acceptors (Lipinski definition) is 1. The summed E-state index contributed by atoms with van der Waals surface area (Å²) in [6, 6.07) is 1.68. The minimum Gasteiger partial charge on any atom is -0.313 e. The molecule has 0 radical (unpaired) electrons. The van der Waals surface area contributed by atoms with Crippen LogP contribution in [0.4, 0.5) is 26.3 Å². The van der Waals surface area contributed by atoms with E-state index >= 15 is 0 Å². The topological polar surface area (TPSA) is 12.0 Å². The molecule has 0 unspecified atom stereocenters. The van der Waals surface area contributed by atoms with Crippen LogP contribution in [-0.4, -0.2) is 13.1 Å². The Morgan fingerprint density at radius 2 is 1.36 bits per heavy atom. The second-order valence-electron chi connectivity index (χ2n) is 4.48. The molecule has 1 heterocycles. The van der Waals surface area contributed by atoms with Crippen LogP contribution in [0.15, 0.2) is 24.3 Å². The lowest BCUT2D eigenvalue weighted by atomic mass is 9.95. The molecule has 0 aromatic heterocycles. The molecule has 1 aromatic rings. The van der Waals surface area contributed by atoms with Crippen molar-refractivity contribution in [3.63, 3.8) is 0 Å². The highest BCUT2D eigenvalue weighted by atomic mass is 19.4. The largest absolute Gasteiger partial charge is 0.416 e. The zero-order chi connectivity index (χ0) is 17.0. The summed E-state index contributed by atoms with van der Waals surface area (Å²) in [6.07, 6.45) is -7.59. The lowest BCUT2D eigenvalue weighted by molar-refractivity contribution is -0.143. The molecule has 124 valence electrons. The van der Waals surface area contributed by atoms with E-state index in [0.29, 0.717) is 25.1 Å². The SMILES string of the molecule is CC.FC(F)(F)c1cc(C2=CCNCC2)cc(C(F)(F)F)c1. The van der Waals surface area contributed by atoms with E-state index in [0.717, 1.165) is 12.1 Å². The standard InChI is InChI=1S/C13H11F6N.C2H6/c14-12(15,16)10-5-9(8-1-3-20-4-2-8)6-11(7-10)13(17,18)19;1-2/h1,5-7,20H,2-4H2;1-2H3. The van der Waals surface area contributed by atoms with E-state index in [1.165, 1.54) is 0 Å². The Morgan fingerprint density at radius 3 is 1.73 bits per heavy atom. The molecule has 2 rings (SSSR count). The van der Waals surface area contributed by atoms with Gasteiger partial charge in [-0.05, 0) is 42.3 Å². The summed E-state index contributed by atoms with van der Waals surface area (Å²) in [5, 5.41) is 2.95. The first-order valence-electron chi connectivity index (χ1n) is 6.87. The Balaban J connectivity index is 0.00000116. The summed E-state index contributed by atoms with van der Waals surface area (Å²) >= 11 is 0. The molecule has 0 atom stereocenters. The van der Waals surface area contributed by atoms with E-state index < -0.39 is 23.5 Å². The third kappa shape index (κ3) is 4.76. The van der Waals surface area contributed by atoms with E-state index in [1.807, 2.05) is 13.8 Å². The number of halogens is 6. The van der Waals surface area contributed by atoms with E-state index in [1.54, 1.807) is 6.08 Å². The van der Waals surface area contributed by atoms with Crippen molar-refractivity contribution in [1.82, 2.24) is 5.32 Å². The van der Waals surface area contributed by atoms with Gasteiger partial charge in [-0.3, -0.25) is 0 Å². The predicted octanol–water partition coefficient (Wildman–Crippen LogP) is 5.13. The van der Waals surface area contributed by atoms with E-state index in [4.69, 9.17) is 0 Å². The zero-order valence-electron chi connectivity index (χ0n) is 12.2. The molecule has 1 aromatic carbocycles. The van der Waals surface area contributed by atoms with Gasteiger partial charge in [0.15, 0.2) is 0 Å². The highest BCUT2D eigenvalue weighted by molar-refractivity contribution is 5.68. The molecule has 0 saturated carbocycles. The van der Waals surface area contributed by atoms with Crippen LogP contribution in [0.5, 0.6) is 0 Å². The first kappa shape index (κ1) is 18.5. The molecule has 0 fully saturated rings. The van der Waals surface area contributed by atoms with Crippen LogP contribution in [0.1, 0.15) is 37.0 Å². The van der Waals surface area contributed by atoms with Crippen molar-refractivity contribution >= 4 is 5.57 Å². The van der Waals surface area contributed by atoms with E-state index in [-0.39, 0.29) is 11.6 Å². The smallest absolute Gasteiger partial charge is 0.313 e. The van der Waals surface area contributed by atoms with Gasteiger partial charge in [-0.1, -0.05) is 19.9 Å². The fourth-order valence-corrected chi connectivity index (χ4v) is 2.03. The van der Waals surface area contributed by atoms with Crippen LogP contribution in [0.3, 0.4) is 0 Å². The molecular formula is C15H17F6N. The summed E-state index contributed by atoms with van der Waals surface area (Å²) in [5.74, 6) is 0. The summed E-state index contributed by atoms with van der Waals surface area (Å²) < 4.78 is 76.2. The molecule has 1 aliphatic rings. The number of nitrogens with one attached hydrogen (secondary N) is 1. The summed E-state index contributed by atoms with van der Waals surface area (Å²) in [6.45, 7) is 4.97. The fourth-order valence-electron chi connectivity index (χ4n) is 2.03. The molecule has 0 bridgehead atoms. The molecule has 1 nitrogen and oxygen atoms in total. The van der Waals surface area contributed by atoms with Gasteiger partial charge in [-0.25, -0.2) is 0 Å². The monoisotopic (exact) mass is 325 g/mol. The van der Waals surface area contributed by atoms with Crippen molar-refractivity contribution in [2.45, 2.75) is 32.6 Å². The highest BCUT2D eigenvalue weighted by Crippen LogP contribution is 2.38. The van der Waals surface area contributed by atoms with Crippen LogP contribution in [0.2, 0.25) is 0 Å². The van der Waals surface area contributed by atoms with Gasteiger partial charge in [-0.15, -0.1) is 0 Å². The van der Waals surface area contributed by atoms with Gasteiger partial charge in [0.25, 0.3) is 0 Å². The van der Waals surface area contributed by atoms with Crippen molar-refractivity contribution in [1.29, 1.82) is 0 Å². The van der Waals surface area contributed by atoms with Gasteiger partial charge in [-0.2, -0.15) is 26.3 Å². The second kappa shape index (κ2) is 7.17. The Bertz CT molecular complexity index is 496. The van der Waals surface area contributed by atoms with Gasteiger partial charge >= 0.3 is 12.4 Å². The lowest BCUT2D eigenvalue weighted by Crippen LogP contribution is -2.20. The van der Waals surface area contributed by atoms with Crippen molar-refractivity contribution in [3.8, 4) is 0 Å². The van der Waals surface area contributed by atoms with Crippen LogP contribution >= 0.6 is 0 Å². The first-order valence-corrected chi connectivity index (χ1v) is 6.87. The van der Waals surface area contributed by atoms with Crippen molar-refractivity contribution in [2.24, 2.45) is 0 Å². The summed E-state index contributed by atoms with van der Waals surface area (Å²) in [5.41, 5.74) is -2.07. The highest BCUT2D eigenvalue weighted by Gasteiger charge is 2.37. The number of hydrogen-bond donors (Lipinski definition) is 1. The molecule has 0 aliphatic carbocycles. The average molecular weight is 325 g/mol. The number of benzene rings is 1. The maximum atomic E-state index is 12.7. The Morgan fingerprint density at radius 1 is 0.864 bits per heavy atom. The molecular weight excluding hydrogens is 308 g/mol. The van der Waals surface area contributed by atoms with E-state index in [2.05, 4.69) is 5.32 Å². The third-order valence-electron chi connectivity index (χ3n) is 3.02. The van der Waals surface area contributed by atoms with Gasteiger partial charge in [0.1, 0.15) is 0 Å². The van der Waals surface area contributed by atoms with Gasteiger partial charge in [0.2, 0.25) is 0 Å². The predicted molar refractivity (Wildman–Crippen MR) is 73.3 cm³/mol. The van der Waals surface area contributed by atoms with Gasteiger partial charge in [0, 0.05) is 6.54 Å². The number of alkyl halides is 6. The molecule has 7 heteroatoms. The molecule has 0 amide bonds. The quantitative estimate of drug-likeness (QED) is 0.706. The van der Waals surface area contributed by atoms with Crippen LogP contribution < -0.4 is 5.32 Å². The van der Waals surface area contributed by atoms with Crippen LogP contribution in [0, 0.1) is 0 Å². The summed E-state index contributed by atoms with van der Waals surface area (Å²) in [7, 11) is 0. The molecule has 0 saturated heterocycles.